The van der Waals surface area contributed by atoms with Crippen molar-refractivity contribution >= 4 is 24.4 Å². The van der Waals surface area contributed by atoms with Crippen LogP contribution in [0.3, 0.4) is 0 Å². The van der Waals surface area contributed by atoms with Crippen LogP contribution in [0.15, 0.2) is 0 Å². The summed E-state index contributed by atoms with van der Waals surface area (Å²) in [7, 11) is 0. The van der Waals surface area contributed by atoms with Crippen molar-refractivity contribution in [1.29, 1.82) is 0 Å². The van der Waals surface area contributed by atoms with Crippen LogP contribution in [0.4, 0.5) is 0 Å². The van der Waals surface area contributed by atoms with E-state index in [1.807, 2.05) is 11.8 Å². The van der Waals surface area contributed by atoms with Gasteiger partial charge in [-0.15, -0.1) is 11.8 Å². The van der Waals surface area contributed by atoms with Gasteiger partial charge in [0.25, 0.3) is 0 Å². The van der Waals surface area contributed by atoms with Gasteiger partial charge in [-0.25, -0.2) is 0 Å². The van der Waals surface area contributed by atoms with Gasteiger partial charge >= 0.3 is 0 Å². The van der Waals surface area contributed by atoms with Crippen LogP contribution >= 0.6 is 24.4 Å². The molecule has 0 radical (unpaired) electrons. The molecule has 1 aliphatic rings. The maximum Gasteiger partial charge on any atom is 0.134 e. The molecular weight excluding hydrogens is 140 g/mol. The molecule has 0 spiro atoms. The topological polar surface area (TPSA) is 12.5 Å². The first kappa shape index (κ1) is 6.78. The number of thioether (sulfide) groups is 1. The van der Waals surface area contributed by atoms with Gasteiger partial charge in [0.05, 0.1) is 6.61 Å². The Bertz CT molecular complexity index is 80.5. The van der Waals surface area contributed by atoms with Crippen LogP contribution in [0, 0.1) is 0 Å². The zero-order valence-corrected chi connectivity index (χ0v) is 6.60. The second kappa shape index (κ2) is 2.50. The number of ether oxygens (including phenoxy) is 1. The number of epoxide rings is 1. The number of thiol groups is 1. The molecule has 0 N–H and O–H groups in total. The van der Waals surface area contributed by atoms with E-state index in [1.165, 1.54) is 0 Å². The first-order valence-corrected chi connectivity index (χ1v) is 4.27. The first-order valence-electron chi connectivity index (χ1n) is 2.66. The van der Waals surface area contributed by atoms with Gasteiger partial charge < -0.3 is 4.74 Å². The summed E-state index contributed by atoms with van der Waals surface area (Å²) in [6.07, 6.45) is 0. The molecule has 1 unspecified atom stereocenters. The van der Waals surface area contributed by atoms with Crippen molar-refractivity contribution in [3.63, 3.8) is 0 Å². The molecule has 1 atom stereocenters. The van der Waals surface area contributed by atoms with E-state index < -0.39 is 0 Å². The molecule has 1 heterocycles. The van der Waals surface area contributed by atoms with Gasteiger partial charge in [0.2, 0.25) is 0 Å². The summed E-state index contributed by atoms with van der Waals surface area (Å²) in [6.45, 7) is 3.03. The fourth-order valence-electron chi connectivity index (χ4n) is 0.447. The highest BCUT2D eigenvalue weighted by Gasteiger charge is 2.39. The van der Waals surface area contributed by atoms with Crippen LogP contribution in [-0.4, -0.2) is 23.0 Å². The molecule has 8 heavy (non-hydrogen) atoms. The Labute approximate surface area is 59.6 Å². The van der Waals surface area contributed by atoms with Gasteiger partial charge in [-0.3, -0.25) is 0 Å². The minimum atomic E-state index is 0.169. The second-order valence-electron chi connectivity index (χ2n) is 1.99. The standard InChI is InChI=1S/C5H10OS2/c1-5(4-6-5)8-3-2-7/h7H,2-4H2,1H3. The number of hydrogen-bond donors (Lipinski definition) is 1. The van der Waals surface area contributed by atoms with Crippen molar-refractivity contribution in [3.05, 3.63) is 0 Å². The van der Waals surface area contributed by atoms with Crippen LogP contribution in [-0.2, 0) is 4.74 Å². The van der Waals surface area contributed by atoms with Crippen molar-refractivity contribution in [2.24, 2.45) is 0 Å². The summed E-state index contributed by atoms with van der Waals surface area (Å²) in [5.41, 5.74) is 0. The maximum atomic E-state index is 5.13. The molecule has 0 aromatic heterocycles. The van der Waals surface area contributed by atoms with Gasteiger partial charge in [0.1, 0.15) is 4.93 Å². The second-order valence-corrected chi connectivity index (χ2v) is 4.00. The largest absolute Gasteiger partial charge is 0.358 e. The van der Waals surface area contributed by atoms with Gasteiger partial charge in [-0.2, -0.15) is 12.6 Å². The van der Waals surface area contributed by atoms with E-state index in [0.29, 0.717) is 0 Å². The Morgan fingerprint density at radius 2 is 2.50 bits per heavy atom. The van der Waals surface area contributed by atoms with Crippen molar-refractivity contribution in [3.8, 4) is 0 Å². The summed E-state index contributed by atoms with van der Waals surface area (Å²) in [5.74, 6) is 2.04. The Morgan fingerprint density at radius 1 is 1.88 bits per heavy atom. The van der Waals surface area contributed by atoms with Crippen molar-refractivity contribution in [1.82, 2.24) is 0 Å². The molecule has 1 nitrogen and oxygen atoms in total. The van der Waals surface area contributed by atoms with Crippen molar-refractivity contribution < 1.29 is 4.74 Å². The normalized spacial score (nSPS) is 35.2. The van der Waals surface area contributed by atoms with Crippen molar-refractivity contribution in [2.75, 3.05) is 18.1 Å². The SMILES string of the molecule is CC1(SCCS)CO1. The third-order valence-corrected chi connectivity index (χ3v) is 2.83. The smallest absolute Gasteiger partial charge is 0.134 e. The Balaban J connectivity index is 2.01. The lowest BCUT2D eigenvalue weighted by atomic mass is 10.6. The van der Waals surface area contributed by atoms with Crippen LogP contribution in [0.2, 0.25) is 0 Å². The molecule has 3 heteroatoms. The van der Waals surface area contributed by atoms with Crippen LogP contribution in [0.1, 0.15) is 6.92 Å². The Morgan fingerprint density at radius 3 is 2.88 bits per heavy atom. The average Bonchev–Trinajstić information content (AvgIpc) is 2.45. The summed E-state index contributed by atoms with van der Waals surface area (Å²) in [5, 5.41) is 0. The van der Waals surface area contributed by atoms with E-state index in [2.05, 4.69) is 19.6 Å². The third-order valence-electron chi connectivity index (χ3n) is 1.05. The Kier molecular flexibility index (Phi) is 2.12. The fourth-order valence-corrected chi connectivity index (χ4v) is 1.47. The minimum Gasteiger partial charge on any atom is -0.358 e. The van der Waals surface area contributed by atoms with Crippen LogP contribution in [0.25, 0.3) is 0 Å². The number of rotatable bonds is 3. The van der Waals surface area contributed by atoms with E-state index in [4.69, 9.17) is 4.74 Å². The fraction of sp³-hybridized carbons (Fsp3) is 1.00. The predicted octanol–water partition coefficient (Wildman–Crippen LogP) is 1.40. The molecule has 0 aliphatic carbocycles. The summed E-state index contributed by atoms with van der Waals surface area (Å²) < 4.78 is 5.13. The predicted molar refractivity (Wildman–Crippen MR) is 40.7 cm³/mol. The lowest BCUT2D eigenvalue weighted by Crippen LogP contribution is -1.98. The molecular formula is C5H10OS2. The van der Waals surface area contributed by atoms with Gasteiger partial charge in [-0.05, 0) is 12.7 Å². The molecule has 48 valence electrons. The van der Waals surface area contributed by atoms with Gasteiger partial charge in [0, 0.05) is 5.75 Å². The van der Waals surface area contributed by atoms with Gasteiger partial charge in [0.15, 0.2) is 0 Å². The van der Waals surface area contributed by atoms with E-state index in [-0.39, 0.29) is 4.93 Å². The molecule has 0 aromatic rings. The van der Waals surface area contributed by atoms with E-state index >= 15 is 0 Å². The number of hydrogen-bond acceptors (Lipinski definition) is 3. The first-order chi connectivity index (χ1) is 3.77. The third kappa shape index (κ3) is 1.88. The quantitative estimate of drug-likeness (QED) is 0.482. The van der Waals surface area contributed by atoms with E-state index in [9.17, 15) is 0 Å². The lowest BCUT2D eigenvalue weighted by molar-refractivity contribution is 0.402. The Hall–Kier alpha value is 0.660. The highest BCUT2D eigenvalue weighted by Crippen LogP contribution is 2.38. The van der Waals surface area contributed by atoms with Gasteiger partial charge in [-0.1, -0.05) is 0 Å². The molecule has 0 saturated carbocycles. The molecule has 0 amide bonds. The highest BCUT2D eigenvalue weighted by molar-refractivity contribution is 8.01. The van der Waals surface area contributed by atoms with Crippen molar-refractivity contribution in [2.45, 2.75) is 11.9 Å². The minimum absolute atomic E-state index is 0.169. The lowest BCUT2D eigenvalue weighted by Gasteiger charge is -1.99. The monoisotopic (exact) mass is 150 g/mol. The zero-order chi connectivity index (χ0) is 6.04. The molecule has 0 bridgehead atoms. The molecule has 1 rings (SSSR count). The molecule has 0 aromatic carbocycles. The maximum absolute atomic E-state index is 5.13. The summed E-state index contributed by atoms with van der Waals surface area (Å²) >= 11 is 5.93. The molecule has 1 saturated heterocycles. The molecule has 1 aliphatic heterocycles. The zero-order valence-electron chi connectivity index (χ0n) is 4.89. The highest BCUT2D eigenvalue weighted by atomic mass is 32.2. The summed E-state index contributed by atoms with van der Waals surface area (Å²) in [4.78, 5) is 0.169. The van der Waals surface area contributed by atoms with E-state index in [1.54, 1.807) is 0 Å². The van der Waals surface area contributed by atoms with E-state index in [0.717, 1.165) is 18.1 Å². The molecule has 1 fully saturated rings. The van der Waals surface area contributed by atoms with Crippen LogP contribution in [0.5, 0.6) is 0 Å². The van der Waals surface area contributed by atoms with Crippen LogP contribution < -0.4 is 0 Å². The average molecular weight is 150 g/mol. The summed E-state index contributed by atoms with van der Waals surface area (Å²) in [6, 6.07) is 0.